The van der Waals surface area contributed by atoms with E-state index in [-0.39, 0.29) is 5.56 Å². The number of phenolic OH excluding ortho intramolecular Hbond substituents is 3. The maximum atomic E-state index is 12.9. The van der Waals surface area contributed by atoms with Crippen LogP contribution in [0.25, 0.3) is 0 Å². The van der Waals surface area contributed by atoms with Crippen LogP contribution in [0.2, 0.25) is 0 Å². The van der Waals surface area contributed by atoms with Crippen LogP contribution in [0.3, 0.4) is 0 Å². The summed E-state index contributed by atoms with van der Waals surface area (Å²) in [4.78, 5) is 49.7. The summed E-state index contributed by atoms with van der Waals surface area (Å²) in [6, 6.07) is 3.68. The fraction of sp³-hybridized carbons (Fsp3) is 0.158. The number of carboxylic acid groups (broad SMARTS) is 1. The van der Waals surface area contributed by atoms with Gasteiger partial charge >= 0.3 is 5.97 Å². The Bertz CT molecular complexity index is 1130. The van der Waals surface area contributed by atoms with Gasteiger partial charge in [0.2, 0.25) is 5.78 Å². The molecule has 0 heterocycles. The molecule has 2 aliphatic rings. The van der Waals surface area contributed by atoms with E-state index < -0.39 is 86.8 Å². The molecule has 5 N–H and O–H groups in total. The zero-order valence-electron chi connectivity index (χ0n) is 14.0. The minimum absolute atomic E-state index is 0.248. The van der Waals surface area contributed by atoms with Gasteiger partial charge in [-0.25, -0.2) is 0 Å². The third-order valence-electron chi connectivity index (χ3n) is 5.09. The SMILES string of the molecule is O=C1c2c(O)cccc2C(=O)c2c(O)c3c(c(O)c21)C(=O)CC(O)C3C(=O)O. The molecule has 0 fully saturated rings. The Morgan fingerprint density at radius 3 is 2.18 bits per heavy atom. The van der Waals surface area contributed by atoms with E-state index in [1.54, 1.807) is 0 Å². The topological polar surface area (TPSA) is 169 Å². The molecule has 0 bridgehead atoms. The summed E-state index contributed by atoms with van der Waals surface area (Å²) < 4.78 is 0. The van der Waals surface area contributed by atoms with Gasteiger partial charge in [0.15, 0.2) is 11.6 Å². The van der Waals surface area contributed by atoms with E-state index in [1.807, 2.05) is 0 Å². The van der Waals surface area contributed by atoms with Crippen molar-refractivity contribution in [2.75, 3.05) is 0 Å². The van der Waals surface area contributed by atoms with Crippen molar-refractivity contribution in [1.29, 1.82) is 0 Å². The minimum atomic E-state index is -1.78. The molecule has 0 saturated heterocycles. The predicted molar refractivity (Wildman–Crippen MR) is 90.1 cm³/mol. The molecular formula is C19H12O9. The Morgan fingerprint density at radius 2 is 1.54 bits per heavy atom. The number of fused-ring (bicyclic) bond motifs is 3. The Labute approximate surface area is 156 Å². The summed E-state index contributed by atoms with van der Waals surface area (Å²) in [5.41, 5.74) is -3.25. The quantitative estimate of drug-likeness (QED) is 0.379. The maximum Gasteiger partial charge on any atom is 0.313 e. The van der Waals surface area contributed by atoms with E-state index in [4.69, 9.17) is 0 Å². The summed E-state index contributed by atoms with van der Waals surface area (Å²) in [7, 11) is 0. The van der Waals surface area contributed by atoms with Crippen LogP contribution < -0.4 is 0 Å². The summed E-state index contributed by atoms with van der Waals surface area (Å²) in [5.74, 6) is -8.63. The molecule has 2 aliphatic carbocycles. The number of aliphatic hydroxyl groups is 1. The fourth-order valence-electron chi connectivity index (χ4n) is 3.89. The fourth-order valence-corrected chi connectivity index (χ4v) is 3.89. The first-order valence-corrected chi connectivity index (χ1v) is 8.14. The second-order valence-corrected chi connectivity index (χ2v) is 6.60. The highest BCUT2D eigenvalue weighted by molar-refractivity contribution is 6.32. The molecule has 9 nitrogen and oxygen atoms in total. The lowest BCUT2D eigenvalue weighted by Gasteiger charge is -2.30. The molecule has 2 aromatic rings. The largest absolute Gasteiger partial charge is 0.507 e. The zero-order valence-corrected chi connectivity index (χ0v) is 14.0. The number of carboxylic acids is 1. The Balaban J connectivity index is 2.13. The zero-order chi connectivity index (χ0) is 20.5. The van der Waals surface area contributed by atoms with Gasteiger partial charge in [0, 0.05) is 17.5 Å². The van der Waals surface area contributed by atoms with Crippen LogP contribution in [0.5, 0.6) is 17.2 Å². The third kappa shape index (κ3) is 2.04. The average Bonchev–Trinajstić information content (AvgIpc) is 2.61. The van der Waals surface area contributed by atoms with Crippen LogP contribution in [0.4, 0.5) is 0 Å². The van der Waals surface area contributed by atoms with Crippen LogP contribution >= 0.6 is 0 Å². The molecule has 0 spiro atoms. The molecule has 0 saturated carbocycles. The average molecular weight is 384 g/mol. The van der Waals surface area contributed by atoms with Crippen molar-refractivity contribution in [3.05, 3.63) is 51.6 Å². The van der Waals surface area contributed by atoms with E-state index in [0.717, 1.165) is 6.07 Å². The molecule has 0 radical (unpaired) electrons. The number of Topliss-reactive ketones (excluding diaryl/α,β-unsaturated/α-hetero) is 1. The third-order valence-corrected chi connectivity index (χ3v) is 5.09. The second-order valence-electron chi connectivity index (χ2n) is 6.60. The van der Waals surface area contributed by atoms with Gasteiger partial charge in [-0.2, -0.15) is 0 Å². The number of rotatable bonds is 1. The van der Waals surface area contributed by atoms with E-state index in [0.29, 0.717) is 0 Å². The van der Waals surface area contributed by atoms with E-state index in [9.17, 15) is 44.7 Å². The number of ketones is 3. The van der Waals surface area contributed by atoms with E-state index >= 15 is 0 Å². The van der Waals surface area contributed by atoms with Gasteiger partial charge in [0.25, 0.3) is 0 Å². The highest BCUT2D eigenvalue weighted by Crippen LogP contribution is 2.49. The summed E-state index contributed by atoms with van der Waals surface area (Å²) >= 11 is 0. The van der Waals surface area contributed by atoms with Gasteiger partial charge in [-0.3, -0.25) is 19.2 Å². The van der Waals surface area contributed by atoms with Crippen molar-refractivity contribution < 1.29 is 44.7 Å². The van der Waals surface area contributed by atoms with Gasteiger partial charge in [-0.05, 0) is 6.07 Å². The van der Waals surface area contributed by atoms with Gasteiger partial charge in [0.05, 0.1) is 28.4 Å². The standard InChI is InChI=1S/C19H12O9/c20-6-3-1-2-5-9(6)16(24)14-13(15(5)23)18(26)12-10(17(14)25)7(21)4-8(22)11(12)19(27)28/h1-3,8,11,20,22,25-26H,4H2,(H,27,28). The van der Waals surface area contributed by atoms with Crippen molar-refractivity contribution in [3.8, 4) is 17.2 Å². The number of aliphatic carboxylic acids is 1. The Hall–Kier alpha value is -3.72. The smallest absolute Gasteiger partial charge is 0.313 e. The molecular weight excluding hydrogens is 372 g/mol. The highest BCUT2D eigenvalue weighted by atomic mass is 16.4. The van der Waals surface area contributed by atoms with Crippen LogP contribution in [0, 0.1) is 0 Å². The summed E-state index contributed by atoms with van der Waals surface area (Å²) in [6.45, 7) is 0. The van der Waals surface area contributed by atoms with Gasteiger partial charge in [-0.1, -0.05) is 12.1 Å². The first-order chi connectivity index (χ1) is 13.2. The Kier molecular flexibility index (Phi) is 3.56. The van der Waals surface area contributed by atoms with E-state index in [2.05, 4.69) is 0 Å². The number of hydrogen-bond acceptors (Lipinski definition) is 8. The number of phenols is 3. The maximum absolute atomic E-state index is 12.9. The minimum Gasteiger partial charge on any atom is -0.507 e. The normalized spacial score (nSPS) is 20.4. The first kappa shape index (κ1) is 17.7. The lowest BCUT2D eigenvalue weighted by atomic mass is 9.73. The molecule has 28 heavy (non-hydrogen) atoms. The highest BCUT2D eigenvalue weighted by Gasteiger charge is 2.47. The van der Waals surface area contributed by atoms with Crippen LogP contribution in [0.15, 0.2) is 18.2 Å². The van der Waals surface area contributed by atoms with Crippen LogP contribution in [-0.4, -0.2) is 55.0 Å². The molecule has 4 rings (SSSR count). The number of aliphatic hydroxyl groups excluding tert-OH is 1. The number of carbonyl (C=O) groups excluding carboxylic acids is 3. The molecule has 9 heteroatoms. The van der Waals surface area contributed by atoms with Gasteiger partial charge < -0.3 is 25.5 Å². The van der Waals surface area contributed by atoms with Crippen molar-refractivity contribution in [1.82, 2.24) is 0 Å². The lowest BCUT2D eigenvalue weighted by molar-refractivity contribution is -0.141. The molecule has 2 aromatic carbocycles. The first-order valence-electron chi connectivity index (χ1n) is 8.14. The summed E-state index contributed by atoms with van der Waals surface area (Å²) in [5, 5.41) is 50.7. The molecule has 0 aliphatic heterocycles. The van der Waals surface area contributed by atoms with Crippen molar-refractivity contribution >= 4 is 23.3 Å². The van der Waals surface area contributed by atoms with Crippen molar-refractivity contribution in [3.63, 3.8) is 0 Å². The summed E-state index contributed by atoms with van der Waals surface area (Å²) in [6.07, 6.45) is -2.34. The van der Waals surface area contributed by atoms with Crippen molar-refractivity contribution in [2.24, 2.45) is 0 Å². The van der Waals surface area contributed by atoms with Gasteiger partial charge in [-0.15, -0.1) is 0 Å². The number of aromatic hydroxyl groups is 3. The van der Waals surface area contributed by atoms with Crippen LogP contribution in [0.1, 0.15) is 60.1 Å². The number of benzene rings is 2. The molecule has 2 atom stereocenters. The van der Waals surface area contributed by atoms with Crippen LogP contribution in [-0.2, 0) is 4.79 Å². The second kappa shape index (κ2) is 5.64. The number of carbonyl (C=O) groups is 4. The monoisotopic (exact) mass is 384 g/mol. The number of hydrogen-bond donors (Lipinski definition) is 5. The Morgan fingerprint density at radius 1 is 0.893 bits per heavy atom. The molecule has 0 amide bonds. The lowest BCUT2D eigenvalue weighted by Crippen LogP contribution is -2.35. The predicted octanol–water partition coefficient (Wildman–Crippen LogP) is 0.694. The molecule has 2 unspecified atom stereocenters. The van der Waals surface area contributed by atoms with Gasteiger partial charge in [0.1, 0.15) is 23.2 Å². The molecule has 0 aromatic heterocycles. The van der Waals surface area contributed by atoms with E-state index in [1.165, 1.54) is 12.1 Å². The molecule has 142 valence electrons. The van der Waals surface area contributed by atoms with Crippen molar-refractivity contribution in [2.45, 2.75) is 18.4 Å².